The van der Waals surface area contributed by atoms with E-state index in [9.17, 15) is 9.18 Å². The largest absolute Gasteiger partial charge is 0.329 e. The molecule has 0 radical (unpaired) electrons. The topological polar surface area (TPSA) is 58.4 Å². The number of amides is 2. The molecule has 1 aromatic carbocycles. The highest BCUT2D eigenvalue weighted by Gasteiger charge is 2.32. The molecule has 0 aromatic heterocycles. The Bertz CT molecular complexity index is 407. The minimum absolute atomic E-state index is 0.0143. The average molecular weight is 237 g/mol. The molecule has 2 amide bonds. The molecule has 1 heterocycles. The predicted octanol–water partition coefficient (Wildman–Crippen LogP) is 1.24. The lowest BCUT2D eigenvalue weighted by molar-refractivity contribution is 0.203. The molecule has 17 heavy (non-hydrogen) atoms. The van der Waals surface area contributed by atoms with Crippen LogP contribution >= 0.6 is 0 Å². The van der Waals surface area contributed by atoms with Crippen LogP contribution < -0.4 is 11.1 Å². The van der Waals surface area contributed by atoms with E-state index in [1.807, 2.05) is 6.92 Å². The summed E-state index contributed by atoms with van der Waals surface area (Å²) in [6, 6.07) is 6.00. The molecule has 1 saturated heterocycles. The smallest absolute Gasteiger partial charge is 0.318 e. The Labute approximate surface area is 99.6 Å². The van der Waals surface area contributed by atoms with Crippen molar-refractivity contribution in [3.8, 4) is 0 Å². The van der Waals surface area contributed by atoms with E-state index in [4.69, 9.17) is 5.73 Å². The molecule has 2 atom stereocenters. The number of hydrogen-bond donors (Lipinski definition) is 2. The van der Waals surface area contributed by atoms with Gasteiger partial charge in [-0.05, 0) is 24.6 Å². The van der Waals surface area contributed by atoms with Crippen LogP contribution in [0, 0.1) is 5.82 Å². The van der Waals surface area contributed by atoms with Crippen molar-refractivity contribution in [2.45, 2.75) is 19.0 Å². The summed E-state index contributed by atoms with van der Waals surface area (Å²) in [5.41, 5.74) is 6.46. The Hall–Kier alpha value is -1.62. The van der Waals surface area contributed by atoms with Gasteiger partial charge in [0.25, 0.3) is 0 Å². The minimum Gasteiger partial charge on any atom is -0.329 e. The van der Waals surface area contributed by atoms with Gasteiger partial charge in [-0.15, -0.1) is 0 Å². The van der Waals surface area contributed by atoms with Crippen LogP contribution in [-0.4, -0.2) is 30.1 Å². The Morgan fingerprint density at radius 3 is 2.76 bits per heavy atom. The number of carbonyl (C=O) groups excluding carboxylic acids is 1. The molecule has 0 spiro atoms. The molecule has 3 N–H and O–H groups in total. The van der Waals surface area contributed by atoms with Crippen molar-refractivity contribution in [1.82, 2.24) is 10.2 Å². The van der Waals surface area contributed by atoms with Crippen LogP contribution in [0.4, 0.5) is 9.18 Å². The van der Waals surface area contributed by atoms with Crippen LogP contribution in [0.5, 0.6) is 0 Å². The molecule has 2 unspecified atom stereocenters. The summed E-state index contributed by atoms with van der Waals surface area (Å²) in [6.45, 7) is 2.92. The number of hydrogen-bond acceptors (Lipinski definition) is 2. The zero-order valence-corrected chi connectivity index (χ0v) is 9.69. The first-order chi connectivity index (χ1) is 8.11. The zero-order chi connectivity index (χ0) is 12.4. The van der Waals surface area contributed by atoms with E-state index >= 15 is 0 Å². The maximum absolute atomic E-state index is 12.8. The van der Waals surface area contributed by atoms with Crippen LogP contribution in [-0.2, 0) is 0 Å². The van der Waals surface area contributed by atoms with E-state index in [0.717, 1.165) is 5.56 Å². The van der Waals surface area contributed by atoms with E-state index in [-0.39, 0.29) is 23.9 Å². The molecule has 5 heteroatoms. The normalized spacial score (nSPS) is 21.5. The standard InChI is InChI=1S/C12H16FN3O/c1-8(6-14)16-7-11(15-12(16)17)9-2-4-10(13)5-3-9/h2-5,8,11H,6-7,14H2,1H3,(H,15,17). The Morgan fingerprint density at radius 2 is 2.18 bits per heavy atom. The van der Waals surface area contributed by atoms with E-state index in [1.54, 1.807) is 17.0 Å². The molecule has 1 aliphatic heterocycles. The first-order valence-electron chi connectivity index (χ1n) is 5.64. The fourth-order valence-corrected chi connectivity index (χ4v) is 1.95. The van der Waals surface area contributed by atoms with Crippen molar-refractivity contribution in [3.05, 3.63) is 35.6 Å². The van der Waals surface area contributed by atoms with Crippen molar-refractivity contribution in [1.29, 1.82) is 0 Å². The molecular weight excluding hydrogens is 221 g/mol. The predicted molar refractivity (Wildman–Crippen MR) is 62.9 cm³/mol. The van der Waals surface area contributed by atoms with Crippen LogP contribution in [0.25, 0.3) is 0 Å². The van der Waals surface area contributed by atoms with Gasteiger partial charge in [-0.25, -0.2) is 9.18 Å². The maximum atomic E-state index is 12.8. The summed E-state index contributed by atoms with van der Waals surface area (Å²) in [6.07, 6.45) is 0. The second-order valence-corrected chi connectivity index (χ2v) is 4.29. The molecular formula is C12H16FN3O. The monoisotopic (exact) mass is 237 g/mol. The molecule has 1 aromatic rings. The van der Waals surface area contributed by atoms with Gasteiger partial charge in [-0.3, -0.25) is 0 Å². The van der Waals surface area contributed by atoms with Crippen molar-refractivity contribution in [2.24, 2.45) is 5.73 Å². The summed E-state index contributed by atoms with van der Waals surface area (Å²) in [5.74, 6) is -0.273. The number of halogens is 1. The minimum atomic E-state index is -0.273. The van der Waals surface area contributed by atoms with Crippen molar-refractivity contribution >= 4 is 6.03 Å². The van der Waals surface area contributed by atoms with E-state index in [2.05, 4.69) is 5.32 Å². The molecule has 0 saturated carbocycles. The first kappa shape index (κ1) is 11.9. The molecule has 2 rings (SSSR count). The quantitative estimate of drug-likeness (QED) is 0.831. The lowest BCUT2D eigenvalue weighted by atomic mass is 10.1. The summed E-state index contributed by atoms with van der Waals surface area (Å²) in [5, 5.41) is 2.86. The third kappa shape index (κ3) is 2.39. The molecule has 1 fully saturated rings. The summed E-state index contributed by atoms with van der Waals surface area (Å²) in [4.78, 5) is 13.4. The molecule has 92 valence electrons. The number of urea groups is 1. The van der Waals surface area contributed by atoms with Crippen LogP contribution in [0.2, 0.25) is 0 Å². The van der Waals surface area contributed by atoms with Gasteiger partial charge in [-0.2, -0.15) is 0 Å². The number of rotatable bonds is 3. The van der Waals surface area contributed by atoms with Crippen LogP contribution in [0.1, 0.15) is 18.5 Å². The summed E-state index contributed by atoms with van der Waals surface area (Å²) < 4.78 is 12.8. The fourth-order valence-electron chi connectivity index (χ4n) is 1.95. The van der Waals surface area contributed by atoms with Gasteiger partial charge in [0.15, 0.2) is 0 Å². The van der Waals surface area contributed by atoms with Gasteiger partial charge >= 0.3 is 6.03 Å². The molecule has 1 aliphatic rings. The highest BCUT2D eigenvalue weighted by atomic mass is 19.1. The van der Waals surface area contributed by atoms with Crippen molar-refractivity contribution in [3.63, 3.8) is 0 Å². The van der Waals surface area contributed by atoms with Gasteiger partial charge in [0.05, 0.1) is 6.04 Å². The number of benzene rings is 1. The maximum Gasteiger partial charge on any atom is 0.318 e. The highest BCUT2D eigenvalue weighted by molar-refractivity contribution is 5.77. The van der Waals surface area contributed by atoms with Crippen LogP contribution in [0.15, 0.2) is 24.3 Å². The van der Waals surface area contributed by atoms with Crippen LogP contribution in [0.3, 0.4) is 0 Å². The number of carbonyl (C=O) groups is 1. The number of nitrogens with one attached hydrogen (secondary N) is 1. The van der Waals surface area contributed by atoms with Crippen molar-refractivity contribution < 1.29 is 9.18 Å². The number of nitrogens with zero attached hydrogens (tertiary/aromatic N) is 1. The molecule has 0 bridgehead atoms. The first-order valence-corrected chi connectivity index (χ1v) is 5.64. The summed E-state index contributed by atoms with van der Waals surface area (Å²) in [7, 11) is 0. The second-order valence-electron chi connectivity index (χ2n) is 4.29. The van der Waals surface area contributed by atoms with E-state index < -0.39 is 0 Å². The molecule has 4 nitrogen and oxygen atoms in total. The SMILES string of the molecule is CC(CN)N1CC(c2ccc(F)cc2)NC1=O. The number of nitrogens with two attached hydrogens (primary N) is 1. The second kappa shape index (κ2) is 4.71. The Morgan fingerprint density at radius 1 is 1.53 bits per heavy atom. The molecule has 0 aliphatic carbocycles. The Balaban J connectivity index is 2.11. The third-order valence-electron chi connectivity index (χ3n) is 3.08. The summed E-state index contributed by atoms with van der Waals surface area (Å²) >= 11 is 0. The average Bonchev–Trinajstić information content (AvgIpc) is 2.71. The third-order valence-corrected chi connectivity index (χ3v) is 3.08. The Kier molecular flexibility index (Phi) is 3.28. The van der Waals surface area contributed by atoms with Gasteiger partial charge < -0.3 is 16.0 Å². The van der Waals surface area contributed by atoms with E-state index in [0.29, 0.717) is 13.1 Å². The zero-order valence-electron chi connectivity index (χ0n) is 9.69. The lowest BCUT2D eigenvalue weighted by Crippen LogP contribution is -2.40. The lowest BCUT2D eigenvalue weighted by Gasteiger charge is -2.21. The highest BCUT2D eigenvalue weighted by Crippen LogP contribution is 2.21. The van der Waals surface area contributed by atoms with Gasteiger partial charge in [0, 0.05) is 19.1 Å². The van der Waals surface area contributed by atoms with Gasteiger partial charge in [0.1, 0.15) is 5.82 Å². The van der Waals surface area contributed by atoms with Gasteiger partial charge in [0.2, 0.25) is 0 Å². The van der Waals surface area contributed by atoms with Crippen molar-refractivity contribution in [2.75, 3.05) is 13.1 Å². The van der Waals surface area contributed by atoms with E-state index in [1.165, 1.54) is 12.1 Å². The fraction of sp³-hybridized carbons (Fsp3) is 0.417. The van der Waals surface area contributed by atoms with Gasteiger partial charge in [-0.1, -0.05) is 12.1 Å².